The molecule has 23 aromatic carbocycles. The largest absolute Gasteiger partial charge is 0.309 e. The Bertz CT molecular complexity index is 9000. The van der Waals surface area contributed by atoms with Crippen molar-refractivity contribution in [2.24, 2.45) is 0 Å². The van der Waals surface area contributed by atoms with E-state index in [1.807, 2.05) is 0 Å². The van der Waals surface area contributed by atoms with Crippen LogP contribution in [0.5, 0.6) is 0 Å². The van der Waals surface area contributed by atoms with Gasteiger partial charge in [0.1, 0.15) is 0 Å². The van der Waals surface area contributed by atoms with Crippen LogP contribution in [0.15, 0.2) is 497 Å². The summed E-state index contributed by atoms with van der Waals surface area (Å²) in [5.74, 6) is 0. The summed E-state index contributed by atoms with van der Waals surface area (Å²) in [6.45, 7) is 0. The van der Waals surface area contributed by atoms with Crippen LogP contribution in [0.2, 0.25) is 0 Å². The Hall–Kier alpha value is -17.4. The summed E-state index contributed by atoms with van der Waals surface area (Å²) < 4.78 is 4.83. The summed E-state index contributed by atoms with van der Waals surface area (Å²) >= 11 is 0. The van der Waals surface area contributed by atoms with Crippen molar-refractivity contribution in [3.63, 3.8) is 0 Å². The Kier molecular flexibility index (Phi) is 18.9. The summed E-state index contributed by atoms with van der Waals surface area (Å²) in [5, 5.41) is 27.5. The van der Waals surface area contributed by atoms with Gasteiger partial charge in [0.25, 0.3) is 0 Å². The number of aromatic nitrogens is 4. The van der Waals surface area contributed by atoms with Gasteiger partial charge in [-0.15, -0.1) is 0 Å². The topological polar surface area (TPSA) is 35.6 Å². The highest BCUT2D eigenvalue weighted by Gasteiger charge is 2.26. The minimum absolute atomic E-state index is 0.904. The van der Waals surface area contributed by atoms with Gasteiger partial charge < -0.3 is 9.13 Å². The molecule has 0 aliphatic heterocycles. The van der Waals surface area contributed by atoms with E-state index in [9.17, 15) is 0 Å². The molecule has 0 saturated carbocycles. The van der Waals surface area contributed by atoms with Crippen LogP contribution in [0.4, 0.5) is 0 Å². The third kappa shape index (κ3) is 13.3. The van der Waals surface area contributed by atoms with Gasteiger partial charge >= 0.3 is 0 Å². The van der Waals surface area contributed by atoms with Crippen LogP contribution < -0.4 is 0 Å². The van der Waals surface area contributed by atoms with E-state index in [0.29, 0.717) is 0 Å². The second-order valence-corrected chi connectivity index (χ2v) is 34.4. The Morgan fingerprint density at radius 2 is 0.500 bits per heavy atom. The molecule has 0 aliphatic carbocycles. The molecule has 0 spiro atoms. The molecule has 0 unspecified atom stereocenters. The highest BCUT2D eigenvalue weighted by Crippen LogP contribution is 2.51. The lowest BCUT2D eigenvalue weighted by molar-refractivity contribution is 1.18. The number of hydrogen-bond acceptors (Lipinski definition) is 2. The molecule has 4 heteroatoms. The Morgan fingerprint density at radius 3 is 1.05 bits per heavy atom. The van der Waals surface area contributed by atoms with E-state index in [2.05, 4.69) is 507 Å². The minimum atomic E-state index is 0.904. The Balaban J connectivity index is 0.000000107. The molecular formula is C128H82N4. The smallest absolute Gasteiger partial charge is 0.0978 e. The normalized spacial score (nSPS) is 11.6. The average molecular weight is 1680 g/mol. The van der Waals surface area contributed by atoms with Crippen LogP contribution in [0.25, 0.3) is 252 Å². The first kappa shape index (κ1) is 76.9. The standard InChI is InChI=1S/C46H29N.C44H28N2.C38H25N/c1-3-16-31(17-4-1)43-36-23-11-13-25-38(36)44(39-26-14-12-24-37(39)43)40-29-42-46(35-22-10-9-21-34(35)40)45-33-20-8-7-15-30(33)27-28-41(45)47(42)32-18-5-2-6-19-32;1-3-13-31(14-4-1)39-27-41(35-21-19-29-11-7-9-17-33(29)25-35)45-43-37(39)23-24-38-40(32-15-5-2-6-16-32)28-42(46-44(38)43)36-22-20-30-12-8-10-18-34(30)26-36;1-2-11-30(12-3-1)39-37-17-9-8-16-34(37)36-24-28(22-23-38(36)39)26-18-20-27(21-19-26)35-25-29-10-4-5-13-31(29)32-14-6-7-15-33(32)35/h1-29H;1-28H;1-25H. The van der Waals surface area contributed by atoms with Crippen LogP contribution in [-0.4, -0.2) is 19.1 Å². The fraction of sp³-hybridized carbons (Fsp3) is 0. The summed E-state index contributed by atoms with van der Waals surface area (Å²) in [4.78, 5) is 10.8. The molecule has 27 rings (SSSR count). The first-order valence-corrected chi connectivity index (χ1v) is 45.4. The lowest BCUT2D eigenvalue weighted by Crippen LogP contribution is -1.95. The third-order valence-corrected chi connectivity index (χ3v) is 26.9. The maximum Gasteiger partial charge on any atom is 0.0978 e. The molecule has 0 radical (unpaired) electrons. The van der Waals surface area contributed by atoms with Crippen molar-refractivity contribution >= 4 is 152 Å². The van der Waals surface area contributed by atoms with Crippen molar-refractivity contribution < 1.29 is 0 Å². The van der Waals surface area contributed by atoms with Gasteiger partial charge in [0.2, 0.25) is 0 Å². The van der Waals surface area contributed by atoms with Crippen molar-refractivity contribution in [3.05, 3.63) is 497 Å². The number of rotatable bonds is 10. The van der Waals surface area contributed by atoms with Crippen molar-refractivity contribution in [1.29, 1.82) is 0 Å². The van der Waals surface area contributed by atoms with Gasteiger partial charge in [-0.25, -0.2) is 9.97 Å². The molecule has 0 saturated heterocycles. The van der Waals surface area contributed by atoms with Gasteiger partial charge in [-0.05, 0) is 238 Å². The van der Waals surface area contributed by atoms with Crippen LogP contribution in [0.1, 0.15) is 0 Å². The zero-order chi connectivity index (χ0) is 87.1. The van der Waals surface area contributed by atoms with Crippen LogP contribution in [0, 0.1) is 0 Å². The maximum absolute atomic E-state index is 5.42. The van der Waals surface area contributed by atoms with E-state index in [-0.39, 0.29) is 0 Å². The van der Waals surface area contributed by atoms with E-state index in [0.717, 1.165) is 72.3 Å². The van der Waals surface area contributed by atoms with Crippen molar-refractivity contribution in [1.82, 2.24) is 19.1 Å². The number of fused-ring (bicyclic) bond motifs is 20. The van der Waals surface area contributed by atoms with E-state index in [4.69, 9.17) is 9.97 Å². The number of pyridine rings is 2. The molecule has 0 N–H and O–H groups in total. The first-order chi connectivity index (χ1) is 65.5. The summed E-state index contributed by atoms with van der Waals surface area (Å²) in [6.07, 6.45) is 0. The molecule has 0 aliphatic rings. The van der Waals surface area contributed by atoms with Gasteiger partial charge in [0, 0.05) is 54.8 Å². The number of hydrogen-bond donors (Lipinski definition) is 0. The van der Waals surface area contributed by atoms with E-state index in [1.54, 1.807) is 0 Å². The summed E-state index contributed by atoms with van der Waals surface area (Å²) in [5.41, 5.74) is 27.7. The van der Waals surface area contributed by atoms with Gasteiger partial charge in [-0.3, -0.25) is 0 Å². The molecule has 4 aromatic heterocycles. The Labute approximate surface area is 763 Å². The van der Waals surface area contributed by atoms with Crippen LogP contribution >= 0.6 is 0 Å². The molecule has 0 atom stereocenters. The SMILES string of the molecule is c1ccc(-c2c3ccccc3c(-c3cc4c(c5ccccc35)c3c5ccccc5ccc3n4-c3ccccc3)c3ccccc23)cc1.c1ccc(-c2cc(-c3ccc4ccccc4c3)nc3c2ccc2c(-c4ccccc4)cc(-c4ccc5ccccc5c4)nc23)cc1.c1ccc(-n2c3ccccc3c3cc(-c4ccc(-c5cc6ccccc6c6ccccc56)cc4)ccc32)cc1. The lowest BCUT2D eigenvalue weighted by atomic mass is 9.84. The maximum atomic E-state index is 5.42. The zero-order valence-corrected chi connectivity index (χ0v) is 72.1. The quantitative estimate of drug-likeness (QED) is 0.101. The molecule has 0 amide bonds. The number of benzene rings is 23. The predicted molar refractivity (Wildman–Crippen MR) is 562 cm³/mol. The first-order valence-electron chi connectivity index (χ1n) is 45.4. The molecular weight excluding hydrogens is 1590 g/mol. The lowest BCUT2D eigenvalue weighted by Gasteiger charge is -2.19. The highest BCUT2D eigenvalue weighted by atomic mass is 15.0. The molecule has 132 heavy (non-hydrogen) atoms. The fourth-order valence-corrected chi connectivity index (χ4v) is 20.9. The molecule has 4 nitrogen and oxygen atoms in total. The second kappa shape index (κ2) is 32.5. The molecule has 614 valence electrons. The van der Waals surface area contributed by atoms with Crippen LogP contribution in [0.3, 0.4) is 0 Å². The molecule has 0 bridgehead atoms. The van der Waals surface area contributed by atoms with Crippen molar-refractivity contribution in [2.75, 3.05) is 0 Å². The predicted octanol–water partition coefficient (Wildman–Crippen LogP) is 34.9. The fourth-order valence-electron chi connectivity index (χ4n) is 20.9. The summed E-state index contributed by atoms with van der Waals surface area (Å²) in [6, 6.07) is 180. The monoisotopic (exact) mass is 1670 g/mol. The molecule has 27 aromatic rings. The Morgan fingerprint density at radius 1 is 0.144 bits per heavy atom. The van der Waals surface area contributed by atoms with E-state index < -0.39 is 0 Å². The van der Waals surface area contributed by atoms with Crippen LogP contribution in [-0.2, 0) is 0 Å². The second-order valence-electron chi connectivity index (χ2n) is 34.4. The molecule has 4 heterocycles. The van der Waals surface area contributed by atoms with E-state index in [1.165, 1.54) is 180 Å². The van der Waals surface area contributed by atoms with Crippen molar-refractivity contribution in [3.8, 4) is 101 Å². The minimum Gasteiger partial charge on any atom is -0.309 e. The average Bonchev–Trinajstić information content (AvgIpc) is 1.50. The summed E-state index contributed by atoms with van der Waals surface area (Å²) in [7, 11) is 0. The van der Waals surface area contributed by atoms with Gasteiger partial charge in [0.15, 0.2) is 0 Å². The van der Waals surface area contributed by atoms with Gasteiger partial charge in [-0.1, -0.05) is 413 Å². The molecule has 0 fully saturated rings. The third-order valence-electron chi connectivity index (χ3n) is 26.9. The van der Waals surface area contributed by atoms with Gasteiger partial charge in [-0.2, -0.15) is 0 Å². The van der Waals surface area contributed by atoms with Gasteiger partial charge in [0.05, 0.1) is 44.5 Å². The van der Waals surface area contributed by atoms with Crippen molar-refractivity contribution in [2.45, 2.75) is 0 Å². The zero-order valence-electron chi connectivity index (χ0n) is 72.1. The highest BCUT2D eigenvalue weighted by molar-refractivity contribution is 6.33. The number of para-hydroxylation sites is 3. The van der Waals surface area contributed by atoms with E-state index >= 15 is 0 Å². The number of nitrogens with zero attached hydrogens (tertiary/aromatic N) is 4.